The third-order valence-corrected chi connectivity index (χ3v) is 2.81. The first kappa shape index (κ1) is 14.0. The molecule has 0 unspecified atom stereocenters. The fraction of sp³-hybridized carbons (Fsp3) is 0.462. The maximum atomic E-state index is 11.6. The minimum Gasteiger partial charge on any atom is -0.348 e. The highest BCUT2D eigenvalue weighted by Gasteiger charge is 2.11. The van der Waals surface area contributed by atoms with Crippen molar-refractivity contribution in [3.63, 3.8) is 0 Å². The fourth-order valence-electron chi connectivity index (χ4n) is 1.58. The summed E-state index contributed by atoms with van der Waals surface area (Å²) < 4.78 is 0. The van der Waals surface area contributed by atoms with Crippen molar-refractivity contribution in [2.24, 2.45) is 0 Å². The van der Waals surface area contributed by atoms with Gasteiger partial charge in [0.15, 0.2) is 0 Å². The van der Waals surface area contributed by atoms with Gasteiger partial charge in [0.25, 0.3) is 0 Å². The van der Waals surface area contributed by atoms with Crippen molar-refractivity contribution in [2.45, 2.75) is 26.3 Å². The predicted octanol–water partition coefficient (Wildman–Crippen LogP) is 2.52. The normalized spacial score (nSPS) is 12.2. The Hall–Kier alpha value is -1.06. The molecule has 0 spiro atoms. The van der Waals surface area contributed by atoms with Crippen LogP contribution in [-0.2, 0) is 4.79 Å². The molecule has 1 rings (SSSR count). The van der Waals surface area contributed by atoms with Crippen LogP contribution in [0.2, 0.25) is 5.02 Å². The van der Waals surface area contributed by atoms with Gasteiger partial charge in [0.05, 0.1) is 12.6 Å². The molecule has 2 N–H and O–H groups in total. The van der Waals surface area contributed by atoms with E-state index in [9.17, 15) is 4.79 Å². The van der Waals surface area contributed by atoms with E-state index in [4.69, 9.17) is 11.6 Å². The Morgan fingerprint density at radius 3 is 2.76 bits per heavy atom. The van der Waals surface area contributed by atoms with Crippen molar-refractivity contribution in [2.75, 3.05) is 13.1 Å². The summed E-state index contributed by atoms with van der Waals surface area (Å²) in [5, 5.41) is 6.65. The van der Waals surface area contributed by atoms with Crippen LogP contribution in [0, 0.1) is 0 Å². The van der Waals surface area contributed by atoms with Crippen molar-refractivity contribution < 1.29 is 4.79 Å². The van der Waals surface area contributed by atoms with Gasteiger partial charge < -0.3 is 10.6 Å². The molecule has 0 fully saturated rings. The van der Waals surface area contributed by atoms with Gasteiger partial charge in [-0.1, -0.05) is 36.7 Å². The van der Waals surface area contributed by atoms with Crippen LogP contribution in [0.3, 0.4) is 0 Å². The molecule has 1 aromatic carbocycles. The first-order valence-corrected chi connectivity index (χ1v) is 6.27. The summed E-state index contributed by atoms with van der Waals surface area (Å²) in [6.45, 7) is 5.20. The van der Waals surface area contributed by atoms with Gasteiger partial charge >= 0.3 is 0 Å². The van der Waals surface area contributed by atoms with Crippen LogP contribution < -0.4 is 10.6 Å². The number of amides is 1. The summed E-state index contributed by atoms with van der Waals surface area (Å²) in [5.74, 6) is -0.00845. The van der Waals surface area contributed by atoms with Crippen LogP contribution in [-0.4, -0.2) is 19.0 Å². The van der Waals surface area contributed by atoms with E-state index in [0.29, 0.717) is 11.6 Å². The van der Waals surface area contributed by atoms with E-state index in [1.54, 1.807) is 0 Å². The zero-order valence-electron chi connectivity index (χ0n) is 10.3. The molecule has 0 aromatic heterocycles. The molecule has 1 amide bonds. The van der Waals surface area contributed by atoms with E-state index in [2.05, 4.69) is 17.6 Å². The van der Waals surface area contributed by atoms with Gasteiger partial charge in [-0.25, -0.2) is 0 Å². The first-order valence-electron chi connectivity index (χ1n) is 5.89. The van der Waals surface area contributed by atoms with Gasteiger partial charge in [0, 0.05) is 5.02 Å². The molecule has 17 heavy (non-hydrogen) atoms. The van der Waals surface area contributed by atoms with Crippen LogP contribution >= 0.6 is 11.6 Å². The van der Waals surface area contributed by atoms with Crippen molar-refractivity contribution in [1.29, 1.82) is 0 Å². The van der Waals surface area contributed by atoms with Crippen molar-refractivity contribution >= 4 is 17.5 Å². The number of benzene rings is 1. The molecule has 0 aliphatic carbocycles. The number of carbonyl (C=O) groups excluding carboxylic acids is 1. The second-order valence-electron chi connectivity index (χ2n) is 3.99. The van der Waals surface area contributed by atoms with Crippen LogP contribution in [0.5, 0.6) is 0 Å². The van der Waals surface area contributed by atoms with E-state index in [1.807, 2.05) is 31.2 Å². The number of nitrogens with one attached hydrogen (secondary N) is 2. The van der Waals surface area contributed by atoms with Crippen molar-refractivity contribution in [3.05, 3.63) is 34.9 Å². The minimum atomic E-state index is -0.0698. The van der Waals surface area contributed by atoms with E-state index in [1.165, 1.54) is 0 Å². The number of hydrogen-bond donors (Lipinski definition) is 2. The Balaban J connectivity index is 2.46. The van der Waals surface area contributed by atoms with E-state index >= 15 is 0 Å². The molecule has 0 aliphatic heterocycles. The van der Waals surface area contributed by atoms with E-state index < -0.39 is 0 Å². The van der Waals surface area contributed by atoms with Gasteiger partial charge in [-0.05, 0) is 31.5 Å². The van der Waals surface area contributed by atoms with Crippen LogP contribution in [0.1, 0.15) is 31.9 Å². The second-order valence-corrected chi connectivity index (χ2v) is 4.39. The minimum absolute atomic E-state index is 0.00845. The SMILES string of the molecule is CCCNCC(=O)N[C@H](C)c1ccccc1Cl. The van der Waals surface area contributed by atoms with Gasteiger partial charge in [0.1, 0.15) is 0 Å². The van der Waals surface area contributed by atoms with Crippen LogP contribution in [0.25, 0.3) is 0 Å². The number of carbonyl (C=O) groups is 1. The summed E-state index contributed by atoms with van der Waals surface area (Å²) in [4.78, 5) is 11.6. The molecule has 3 nitrogen and oxygen atoms in total. The average Bonchev–Trinajstić information content (AvgIpc) is 2.29. The Morgan fingerprint density at radius 2 is 2.12 bits per heavy atom. The highest BCUT2D eigenvalue weighted by atomic mass is 35.5. The molecule has 0 heterocycles. The Labute approximate surface area is 108 Å². The number of rotatable bonds is 6. The molecule has 0 radical (unpaired) electrons. The molecule has 4 heteroatoms. The second kappa shape index (κ2) is 7.30. The monoisotopic (exact) mass is 254 g/mol. The predicted molar refractivity (Wildman–Crippen MR) is 71.2 cm³/mol. The largest absolute Gasteiger partial charge is 0.348 e. The molecule has 0 saturated carbocycles. The summed E-state index contributed by atoms with van der Waals surface area (Å²) in [6.07, 6.45) is 1.02. The summed E-state index contributed by atoms with van der Waals surface area (Å²) in [5.41, 5.74) is 0.943. The first-order chi connectivity index (χ1) is 8.15. The molecule has 0 saturated heterocycles. The quantitative estimate of drug-likeness (QED) is 0.766. The molecule has 0 bridgehead atoms. The van der Waals surface area contributed by atoms with Crippen LogP contribution in [0.15, 0.2) is 24.3 Å². The lowest BCUT2D eigenvalue weighted by Gasteiger charge is -2.15. The van der Waals surface area contributed by atoms with Gasteiger partial charge in [-0.15, -0.1) is 0 Å². The van der Waals surface area contributed by atoms with Gasteiger partial charge in [-0.2, -0.15) is 0 Å². The summed E-state index contributed by atoms with van der Waals surface area (Å²) in [7, 11) is 0. The summed E-state index contributed by atoms with van der Waals surface area (Å²) in [6, 6.07) is 7.48. The third-order valence-electron chi connectivity index (χ3n) is 2.46. The lowest BCUT2D eigenvalue weighted by atomic mass is 10.1. The van der Waals surface area contributed by atoms with Gasteiger partial charge in [0.2, 0.25) is 5.91 Å². The zero-order chi connectivity index (χ0) is 12.7. The zero-order valence-corrected chi connectivity index (χ0v) is 11.1. The number of halogens is 1. The van der Waals surface area contributed by atoms with E-state index in [-0.39, 0.29) is 11.9 Å². The molecule has 1 atom stereocenters. The standard InChI is InChI=1S/C13H19ClN2O/c1-3-8-15-9-13(17)16-10(2)11-6-4-5-7-12(11)14/h4-7,10,15H,3,8-9H2,1-2H3,(H,16,17)/t10-/m1/s1. The Bertz CT molecular complexity index is 368. The molecule has 94 valence electrons. The highest BCUT2D eigenvalue weighted by Crippen LogP contribution is 2.21. The maximum absolute atomic E-state index is 11.6. The third kappa shape index (κ3) is 4.75. The molecular formula is C13H19ClN2O. The lowest BCUT2D eigenvalue weighted by molar-refractivity contribution is -0.120. The topological polar surface area (TPSA) is 41.1 Å². The highest BCUT2D eigenvalue weighted by molar-refractivity contribution is 6.31. The maximum Gasteiger partial charge on any atom is 0.234 e. The molecule has 1 aromatic rings. The summed E-state index contributed by atoms with van der Waals surface area (Å²) >= 11 is 6.06. The Morgan fingerprint density at radius 1 is 1.41 bits per heavy atom. The smallest absolute Gasteiger partial charge is 0.234 e. The van der Waals surface area contributed by atoms with E-state index in [0.717, 1.165) is 18.5 Å². The Kier molecular flexibility index (Phi) is 6.01. The average molecular weight is 255 g/mol. The molecule has 0 aliphatic rings. The van der Waals surface area contributed by atoms with Crippen LogP contribution in [0.4, 0.5) is 0 Å². The molecular weight excluding hydrogens is 236 g/mol. The van der Waals surface area contributed by atoms with Gasteiger partial charge in [-0.3, -0.25) is 4.79 Å². The number of hydrogen-bond acceptors (Lipinski definition) is 2. The fourth-order valence-corrected chi connectivity index (χ4v) is 1.87. The van der Waals surface area contributed by atoms with Crippen molar-refractivity contribution in [1.82, 2.24) is 10.6 Å². The van der Waals surface area contributed by atoms with Crippen molar-refractivity contribution in [3.8, 4) is 0 Å². The lowest BCUT2D eigenvalue weighted by Crippen LogP contribution is -2.35.